The zero-order valence-electron chi connectivity index (χ0n) is 38.2. The minimum Gasteiger partial charge on any atom is -0.544 e. The summed E-state index contributed by atoms with van der Waals surface area (Å²) in [5.74, 6) is -1.75. The molecule has 8 nitrogen and oxygen atoms in total. The molecule has 58 heavy (non-hydrogen) atoms. The lowest BCUT2D eigenvalue weighted by atomic mass is 10.0. The van der Waals surface area contributed by atoms with Crippen LogP contribution in [0, 0.1) is 0 Å². The van der Waals surface area contributed by atoms with Crippen LogP contribution in [-0.4, -0.2) is 75.5 Å². The van der Waals surface area contributed by atoms with Gasteiger partial charge in [-0.25, -0.2) is 0 Å². The average molecular weight is 816 g/mol. The highest BCUT2D eigenvalue weighted by atomic mass is 16.6. The Bertz CT molecular complexity index is 1090. The zero-order valence-corrected chi connectivity index (χ0v) is 38.2. The lowest BCUT2D eigenvalue weighted by Gasteiger charge is -2.34. The Hall–Kier alpha value is -2.71. The van der Waals surface area contributed by atoms with Crippen molar-refractivity contribution in [3.8, 4) is 0 Å². The van der Waals surface area contributed by atoms with Gasteiger partial charge in [0.2, 0.25) is 0 Å². The highest BCUT2D eigenvalue weighted by molar-refractivity contribution is 5.70. The van der Waals surface area contributed by atoms with E-state index in [-0.39, 0.29) is 42.7 Å². The number of likely N-dealkylation sites (N-methyl/N-ethyl adjacent to an activating group) is 1. The highest BCUT2D eigenvalue weighted by Gasteiger charge is 2.25. The molecule has 0 N–H and O–H groups in total. The predicted molar refractivity (Wildman–Crippen MR) is 240 cm³/mol. The first kappa shape index (κ1) is 55.3. The van der Waals surface area contributed by atoms with Gasteiger partial charge in [0.1, 0.15) is 12.6 Å². The van der Waals surface area contributed by atoms with E-state index in [1.165, 1.54) is 89.9 Å². The SMILES string of the molecule is CC/C=C\C/C=C\C/C=C\C/C=C\CCCCCCCCC(=O)OC(COCCC(C(=O)[O-])[N+](C)(C)C)COC(=O)CCCCCCCCCCCCCCCCC. The van der Waals surface area contributed by atoms with Gasteiger partial charge in [-0.1, -0.05) is 178 Å². The Morgan fingerprint density at radius 1 is 0.534 bits per heavy atom. The van der Waals surface area contributed by atoms with Gasteiger partial charge in [0, 0.05) is 19.3 Å². The van der Waals surface area contributed by atoms with Gasteiger partial charge >= 0.3 is 11.9 Å². The molecular formula is C50H89NO7. The van der Waals surface area contributed by atoms with E-state index in [9.17, 15) is 19.5 Å². The first-order chi connectivity index (χ1) is 28.1. The van der Waals surface area contributed by atoms with Gasteiger partial charge in [-0.3, -0.25) is 9.59 Å². The number of carbonyl (C=O) groups is 3. The third-order valence-corrected chi connectivity index (χ3v) is 10.5. The third-order valence-electron chi connectivity index (χ3n) is 10.5. The summed E-state index contributed by atoms with van der Waals surface area (Å²) in [6.45, 7) is 4.55. The van der Waals surface area contributed by atoms with E-state index in [1.54, 1.807) is 21.1 Å². The number of aliphatic carboxylic acids is 1. The van der Waals surface area contributed by atoms with Crippen LogP contribution in [0.3, 0.4) is 0 Å². The van der Waals surface area contributed by atoms with Gasteiger partial charge in [0.25, 0.3) is 0 Å². The molecule has 0 aliphatic heterocycles. The molecule has 8 heteroatoms. The smallest absolute Gasteiger partial charge is 0.306 e. The summed E-state index contributed by atoms with van der Waals surface area (Å²) in [5.41, 5.74) is 0. The Balaban J connectivity index is 4.32. The molecule has 2 unspecified atom stereocenters. The van der Waals surface area contributed by atoms with Crippen LogP contribution in [0.2, 0.25) is 0 Å². The van der Waals surface area contributed by atoms with Crippen molar-refractivity contribution >= 4 is 17.9 Å². The predicted octanol–water partition coefficient (Wildman–Crippen LogP) is 11.9. The van der Waals surface area contributed by atoms with E-state index in [0.717, 1.165) is 77.0 Å². The average Bonchev–Trinajstić information content (AvgIpc) is 3.18. The molecule has 0 aromatic carbocycles. The molecule has 0 aliphatic rings. The summed E-state index contributed by atoms with van der Waals surface area (Å²) >= 11 is 0. The zero-order chi connectivity index (χ0) is 42.8. The minimum atomic E-state index is -1.13. The first-order valence-electron chi connectivity index (χ1n) is 23.7. The number of hydrogen-bond acceptors (Lipinski definition) is 7. The molecule has 0 fully saturated rings. The fourth-order valence-corrected chi connectivity index (χ4v) is 6.83. The topological polar surface area (TPSA) is 102 Å². The number of allylic oxidation sites excluding steroid dienone is 8. The number of rotatable bonds is 42. The molecule has 0 aromatic rings. The summed E-state index contributed by atoms with van der Waals surface area (Å²) in [4.78, 5) is 36.9. The van der Waals surface area contributed by atoms with Crippen LogP contribution in [0.15, 0.2) is 48.6 Å². The maximum absolute atomic E-state index is 12.7. The van der Waals surface area contributed by atoms with Crippen LogP contribution in [0.4, 0.5) is 0 Å². The van der Waals surface area contributed by atoms with Crippen molar-refractivity contribution in [2.45, 2.75) is 212 Å². The molecule has 0 aliphatic carbocycles. The summed E-state index contributed by atoms with van der Waals surface area (Å²) in [6, 6.07) is -0.728. The molecule has 0 heterocycles. The summed E-state index contributed by atoms with van der Waals surface area (Å²) < 4.78 is 17.2. The van der Waals surface area contributed by atoms with Crippen molar-refractivity contribution < 1.29 is 38.2 Å². The van der Waals surface area contributed by atoms with Crippen molar-refractivity contribution in [3.05, 3.63) is 48.6 Å². The lowest BCUT2D eigenvalue weighted by Crippen LogP contribution is -2.55. The van der Waals surface area contributed by atoms with Crippen LogP contribution in [-0.2, 0) is 28.6 Å². The summed E-state index contributed by atoms with van der Waals surface area (Å²) in [6.07, 6.45) is 48.4. The molecule has 0 aromatic heterocycles. The van der Waals surface area contributed by atoms with Gasteiger partial charge in [-0.15, -0.1) is 0 Å². The van der Waals surface area contributed by atoms with E-state index in [1.807, 2.05) is 0 Å². The summed E-state index contributed by atoms with van der Waals surface area (Å²) in [7, 11) is 5.41. The standard InChI is InChI=1S/C50H89NO7/c1-6-8-10-12-14-16-18-20-22-23-24-25-27-29-31-33-35-37-39-41-49(53)58-46(44-56-43-42-47(50(54)55)51(3,4)5)45-57-48(52)40-38-36-34-32-30-28-26-21-19-17-15-13-11-9-7-2/h8,10,14,16,20,22,24-25,46-47H,6-7,9,11-13,15,17-19,21,23,26-45H2,1-5H3/b10-8-,16-14-,22-20-,25-24-. The van der Waals surface area contributed by atoms with E-state index in [4.69, 9.17) is 14.2 Å². The number of nitrogens with zero attached hydrogens (tertiary/aromatic N) is 1. The number of quaternary nitrogens is 1. The minimum absolute atomic E-state index is 0.0359. The van der Waals surface area contributed by atoms with Crippen molar-refractivity contribution in [3.63, 3.8) is 0 Å². The molecule has 0 radical (unpaired) electrons. The van der Waals surface area contributed by atoms with Crippen LogP contribution >= 0.6 is 0 Å². The van der Waals surface area contributed by atoms with Crippen molar-refractivity contribution in [2.75, 3.05) is 41.0 Å². The number of carboxylic acids is 1. The third kappa shape index (κ3) is 38.8. The second kappa shape index (κ2) is 41.0. The maximum atomic E-state index is 12.7. The molecule has 0 spiro atoms. The van der Waals surface area contributed by atoms with Gasteiger partial charge in [0.15, 0.2) is 6.10 Å². The van der Waals surface area contributed by atoms with E-state index in [2.05, 4.69) is 62.5 Å². The van der Waals surface area contributed by atoms with E-state index >= 15 is 0 Å². The largest absolute Gasteiger partial charge is 0.544 e. The molecular weight excluding hydrogens is 727 g/mol. The first-order valence-corrected chi connectivity index (χ1v) is 23.7. The van der Waals surface area contributed by atoms with Crippen molar-refractivity contribution in [1.29, 1.82) is 0 Å². The molecule has 0 bridgehead atoms. The second-order valence-electron chi connectivity index (χ2n) is 17.0. The van der Waals surface area contributed by atoms with Crippen LogP contribution in [0.25, 0.3) is 0 Å². The van der Waals surface area contributed by atoms with Gasteiger partial charge in [0.05, 0.1) is 40.3 Å². The van der Waals surface area contributed by atoms with Gasteiger partial charge < -0.3 is 28.6 Å². The molecule has 0 saturated carbocycles. The molecule has 0 amide bonds. The number of hydrogen-bond donors (Lipinski definition) is 0. The van der Waals surface area contributed by atoms with Crippen molar-refractivity contribution in [1.82, 2.24) is 0 Å². The fourth-order valence-electron chi connectivity index (χ4n) is 6.83. The van der Waals surface area contributed by atoms with Crippen molar-refractivity contribution in [2.24, 2.45) is 0 Å². The number of carbonyl (C=O) groups excluding carboxylic acids is 3. The van der Waals surface area contributed by atoms with Gasteiger partial charge in [-0.05, 0) is 51.4 Å². The van der Waals surface area contributed by atoms with E-state index in [0.29, 0.717) is 12.8 Å². The number of unbranched alkanes of at least 4 members (excludes halogenated alkanes) is 20. The maximum Gasteiger partial charge on any atom is 0.306 e. The van der Waals surface area contributed by atoms with Gasteiger partial charge in [-0.2, -0.15) is 0 Å². The Labute approximate surface area is 356 Å². The van der Waals surface area contributed by atoms with Crippen LogP contribution in [0.5, 0.6) is 0 Å². The number of carboxylic acid groups (broad SMARTS) is 1. The number of ether oxygens (including phenoxy) is 3. The molecule has 0 rings (SSSR count). The quantitative estimate of drug-likeness (QED) is 0.0262. The van der Waals surface area contributed by atoms with Crippen LogP contribution < -0.4 is 5.11 Å². The number of esters is 2. The Morgan fingerprint density at radius 2 is 0.966 bits per heavy atom. The molecule has 2 atom stereocenters. The Morgan fingerprint density at radius 3 is 1.43 bits per heavy atom. The highest BCUT2D eigenvalue weighted by Crippen LogP contribution is 2.15. The molecule has 336 valence electrons. The molecule has 0 saturated heterocycles. The lowest BCUT2D eigenvalue weighted by molar-refractivity contribution is -0.889. The fraction of sp³-hybridized carbons (Fsp3) is 0.780. The summed E-state index contributed by atoms with van der Waals surface area (Å²) in [5, 5.41) is 11.6. The normalized spacial score (nSPS) is 13.3. The Kier molecular flexibility index (Phi) is 39.1. The van der Waals surface area contributed by atoms with Crippen LogP contribution in [0.1, 0.15) is 200 Å². The van der Waals surface area contributed by atoms with E-state index < -0.39 is 18.1 Å². The second-order valence-corrected chi connectivity index (χ2v) is 17.0. The monoisotopic (exact) mass is 816 g/mol.